The SMILES string of the molecule is O=C1[C@@H]2[C@H](C(=O)N1CC(=O)N1CCC=Cc3ccccc31)[C@H]1C=C[C@H]2C1. The van der Waals surface area contributed by atoms with Crippen molar-refractivity contribution >= 4 is 29.5 Å². The largest absolute Gasteiger partial charge is 0.310 e. The molecule has 1 aromatic carbocycles. The third kappa shape index (κ3) is 2.13. The van der Waals surface area contributed by atoms with Crippen LogP contribution in [0.15, 0.2) is 42.5 Å². The molecule has 1 saturated heterocycles. The first kappa shape index (κ1) is 15.6. The molecule has 4 atom stereocenters. The Hall–Kier alpha value is -2.69. The Kier molecular flexibility index (Phi) is 3.39. The van der Waals surface area contributed by atoms with Gasteiger partial charge in [-0.1, -0.05) is 42.5 Å². The van der Waals surface area contributed by atoms with E-state index in [1.54, 1.807) is 4.90 Å². The van der Waals surface area contributed by atoms with E-state index in [0.29, 0.717) is 6.54 Å². The van der Waals surface area contributed by atoms with Crippen LogP contribution in [0.5, 0.6) is 0 Å². The van der Waals surface area contributed by atoms with Crippen LogP contribution in [0.3, 0.4) is 0 Å². The molecule has 5 rings (SSSR count). The molecule has 3 amide bonds. The molecule has 2 heterocycles. The second-order valence-corrected chi connectivity index (χ2v) is 7.56. The van der Waals surface area contributed by atoms with Crippen LogP contribution in [0.25, 0.3) is 6.08 Å². The maximum absolute atomic E-state index is 13.0. The average Bonchev–Trinajstić information content (AvgIpc) is 3.27. The first-order valence-electron chi connectivity index (χ1n) is 9.24. The number of para-hydroxylation sites is 1. The molecular weight excluding hydrogens is 328 g/mol. The number of carbonyl (C=O) groups is 3. The highest BCUT2D eigenvalue weighted by molar-refractivity contribution is 6.10. The average molecular weight is 348 g/mol. The normalized spacial score (nSPS) is 31.4. The predicted octanol–water partition coefficient (Wildman–Crippen LogP) is 2.24. The molecule has 0 spiro atoms. The van der Waals surface area contributed by atoms with Crippen LogP contribution >= 0.6 is 0 Å². The van der Waals surface area contributed by atoms with Crippen molar-refractivity contribution in [3.8, 4) is 0 Å². The summed E-state index contributed by atoms with van der Waals surface area (Å²) in [6.45, 7) is 0.403. The van der Waals surface area contributed by atoms with Gasteiger partial charge >= 0.3 is 0 Å². The fourth-order valence-corrected chi connectivity index (χ4v) is 5.01. The first-order valence-corrected chi connectivity index (χ1v) is 9.24. The lowest BCUT2D eigenvalue weighted by Gasteiger charge is -2.25. The molecule has 0 N–H and O–H groups in total. The minimum absolute atomic E-state index is 0.154. The highest BCUT2D eigenvalue weighted by Gasteiger charge is 2.59. The lowest BCUT2D eigenvalue weighted by molar-refractivity contribution is -0.143. The Morgan fingerprint density at radius 2 is 1.73 bits per heavy atom. The third-order valence-electron chi connectivity index (χ3n) is 6.20. The van der Waals surface area contributed by atoms with E-state index in [9.17, 15) is 14.4 Å². The maximum Gasteiger partial charge on any atom is 0.247 e. The summed E-state index contributed by atoms with van der Waals surface area (Å²) in [4.78, 5) is 41.5. The number of hydrogen-bond acceptors (Lipinski definition) is 3. The predicted molar refractivity (Wildman–Crippen MR) is 96.9 cm³/mol. The van der Waals surface area contributed by atoms with E-state index in [1.165, 1.54) is 4.90 Å². The van der Waals surface area contributed by atoms with Gasteiger partial charge in [-0.15, -0.1) is 0 Å². The second kappa shape index (κ2) is 5.66. The van der Waals surface area contributed by atoms with Gasteiger partial charge in [0, 0.05) is 6.54 Å². The van der Waals surface area contributed by atoms with Crippen molar-refractivity contribution in [2.75, 3.05) is 18.0 Å². The molecular formula is C21H20N2O3. The van der Waals surface area contributed by atoms with Gasteiger partial charge in [0.05, 0.1) is 17.5 Å². The third-order valence-corrected chi connectivity index (χ3v) is 6.20. The number of imide groups is 1. The van der Waals surface area contributed by atoms with E-state index in [-0.39, 0.29) is 47.9 Å². The van der Waals surface area contributed by atoms with Crippen LogP contribution in [0.2, 0.25) is 0 Å². The van der Waals surface area contributed by atoms with Crippen molar-refractivity contribution < 1.29 is 14.4 Å². The monoisotopic (exact) mass is 348 g/mol. The number of amides is 3. The van der Waals surface area contributed by atoms with E-state index in [1.807, 2.05) is 36.4 Å². The van der Waals surface area contributed by atoms with Crippen LogP contribution in [0.4, 0.5) is 5.69 Å². The molecule has 0 aromatic heterocycles. The zero-order chi connectivity index (χ0) is 17.8. The Morgan fingerprint density at radius 3 is 2.46 bits per heavy atom. The van der Waals surface area contributed by atoms with E-state index in [4.69, 9.17) is 0 Å². The van der Waals surface area contributed by atoms with Gasteiger partial charge in [-0.05, 0) is 36.3 Å². The van der Waals surface area contributed by atoms with E-state index in [0.717, 1.165) is 24.1 Å². The summed E-state index contributed by atoms with van der Waals surface area (Å²) in [7, 11) is 0. The smallest absolute Gasteiger partial charge is 0.247 e. The lowest BCUT2D eigenvalue weighted by atomic mass is 9.85. The van der Waals surface area contributed by atoms with Gasteiger partial charge in [0.1, 0.15) is 6.54 Å². The maximum atomic E-state index is 13.0. The number of carbonyl (C=O) groups excluding carboxylic acids is 3. The summed E-state index contributed by atoms with van der Waals surface area (Å²) in [5, 5.41) is 0. The number of nitrogens with zero attached hydrogens (tertiary/aromatic N) is 2. The van der Waals surface area contributed by atoms with Gasteiger partial charge in [-0.2, -0.15) is 0 Å². The number of benzene rings is 1. The van der Waals surface area contributed by atoms with Crippen LogP contribution in [0, 0.1) is 23.7 Å². The molecule has 5 nitrogen and oxygen atoms in total. The molecule has 2 bridgehead atoms. The summed E-state index contributed by atoms with van der Waals surface area (Å²) in [5.74, 6) is -0.665. The minimum atomic E-state index is -0.247. The van der Waals surface area contributed by atoms with Crippen molar-refractivity contribution in [1.29, 1.82) is 0 Å². The molecule has 132 valence electrons. The first-order chi connectivity index (χ1) is 12.6. The number of anilines is 1. The van der Waals surface area contributed by atoms with Gasteiger partial charge in [0.2, 0.25) is 17.7 Å². The number of hydrogen-bond donors (Lipinski definition) is 0. The number of rotatable bonds is 2. The topological polar surface area (TPSA) is 57.7 Å². The van der Waals surface area contributed by atoms with Crippen LogP contribution in [-0.4, -0.2) is 35.7 Å². The summed E-state index contributed by atoms with van der Waals surface area (Å²) in [6.07, 6.45) is 9.86. The van der Waals surface area contributed by atoms with Crippen molar-refractivity contribution in [3.63, 3.8) is 0 Å². The van der Waals surface area contributed by atoms with Crippen molar-refractivity contribution in [2.45, 2.75) is 12.8 Å². The molecule has 5 heteroatoms. The van der Waals surface area contributed by atoms with Crippen LogP contribution in [0.1, 0.15) is 18.4 Å². The van der Waals surface area contributed by atoms with Crippen molar-refractivity contribution in [1.82, 2.24) is 4.90 Å². The fourth-order valence-electron chi connectivity index (χ4n) is 5.01. The highest BCUT2D eigenvalue weighted by Crippen LogP contribution is 2.52. The molecule has 2 aliphatic heterocycles. The van der Waals surface area contributed by atoms with Crippen LogP contribution in [-0.2, 0) is 14.4 Å². The van der Waals surface area contributed by atoms with Gasteiger partial charge in [0.15, 0.2) is 0 Å². The van der Waals surface area contributed by atoms with Gasteiger partial charge in [-0.3, -0.25) is 19.3 Å². The van der Waals surface area contributed by atoms with Crippen molar-refractivity contribution in [2.24, 2.45) is 23.7 Å². The molecule has 4 aliphatic rings. The molecule has 0 unspecified atom stereocenters. The molecule has 2 fully saturated rings. The molecule has 0 radical (unpaired) electrons. The van der Waals surface area contributed by atoms with Crippen molar-refractivity contribution in [3.05, 3.63) is 48.1 Å². The van der Waals surface area contributed by atoms with E-state index >= 15 is 0 Å². The van der Waals surface area contributed by atoms with E-state index < -0.39 is 0 Å². The quantitative estimate of drug-likeness (QED) is 0.608. The summed E-state index contributed by atoms with van der Waals surface area (Å²) < 4.78 is 0. The summed E-state index contributed by atoms with van der Waals surface area (Å²) in [5.41, 5.74) is 1.82. The second-order valence-electron chi connectivity index (χ2n) is 7.56. The lowest BCUT2D eigenvalue weighted by Crippen LogP contribution is -2.44. The molecule has 2 aliphatic carbocycles. The standard InChI is InChI=1S/C21H20N2O3/c24-17(22-10-4-3-6-13-5-1-2-7-16(13)22)12-23-20(25)18-14-8-9-15(11-14)19(18)21(23)26/h1-3,5-9,14-15,18-19H,4,10-12H2/t14-,15-,18-,19+/m0/s1. The van der Waals surface area contributed by atoms with Gasteiger partial charge in [0.25, 0.3) is 0 Å². The highest BCUT2D eigenvalue weighted by atomic mass is 16.2. The van der Waals surface area contributed by atoms with Gasteiger partial charge < -0.3 is 4.90 Å². The Bertz CT molecular complexity index is 842. The fraction of sp³-hybridized carbons (Fsp3) is 0.381. The Morgan fingerprint density at radius 1 is 1.04 bits per heavy atom. The minimum Gasteiger partial charge on any atom is -0.310 e. The Balaban J connectivity index is 1.39. The van der Waals surface area contributed by atoms with Crippen LogP contribution < -0.4 is 4.90 Å². The number of fused-ring (bicyclic) bond motifs is 6. The zero-order valence-electron chi connectivity index (χ0n) is 14.4. The van der Waals surface area contributed by atoms with E-state index in [2.05, 4.69) is 12.2 Å². The van der Waals surface area contributed by atoms with Gasteiger partial charge in [-0.25, -0.2) is 0 Å². The summed E-state index contributed by atoms with van der Waals surface area (Å²) >= 11 is 0. The molecule has 1 saturated carbocycles. The summed E-state index contributed by atoms with van der Waals surface area (Å²) in [6, 6.07) is 7.72. The molecule has 26 heavy (non-hydrogen) atoms. The zero-order valence-corrected chi connectivity index (χ0v) is 14.4. The molecule has 1 aromatic rings. The number of likely N-dealkylation sites (tertiary alicyclic amines) is 1. The number of allylic oxidation sites excluding steroid dienone is 2. The Labute approximate surface area is 152 Å².